The highest BCUT2D eigenvalue weighted by Gasteiger charge is 2.44. The van der Waals surface area contributed by atoms with Crippen molar-refractivity contribution in [2.45, 2.75) is 37.7 Å². The average molecular weight is 301 g/mol. The van der Waals surface area contributed by atoms with Gasteiger partial charge in [-0.1, -0.05) is 6.92 Å². The zero-order valence-corrected chi connectivity index (χ0v) is 12.4. The number of carbonyl (C=O) groups is 3. The fourth-order valence-corrected chi connectivity index (χ4v) is 3.86. The maximum Gasteiger partial charge on any atom is 0.327 e. The van der Waals surface area contributed by atoms with E-state index in [1.807, 2.05) is 6.92 Å². The van der Waals surface area contributed by atoms with Crippen molar-refractivity contribution in [1.29, 1.82) is 0 Å². The molecule has 2 heterocycles. The molecule has 0 spiro atoms. The Balaban J connectivity index is 2.20. The molecule has 0 bridgehead atoms. The van der Waals surface area contributed by atoms with Gasteiger partial charge in [0.2, 0.25) is 5.91 Å². The van der Waals surface area contributed by atoms with Crippen LogP contribution in [0.2, 0.25) is 0 Å². The second-order valence-corrected chi connectivity index (χ2v) is 6.11. The average Bonchev–Trinajstić information content (AvgIpc) is 2.85. The second-order valence-electron chi connectivity index (χ2n) is 4.90. The van der Waals surface area contributed by atoms with Crippen LogP contribution in [0.5, 0.6) is 0 Å². The standard InChI is InChI=1S/C12H19N3O4S/c1-3-9-15(8(6-20-9)11(17)18)12(19)14-5-4-13-10(16)7(14)2/h7-9H,3-6H2,1-2H3,(H,13,16)(H,17,18). The minimum atomic E-state index is -0.990. The van der Waals surface area contributed by atoms with Crippen LogP contribution in [0, 0.1) is 0 Å². The number of carboxylic acid groups (broad SMARTS) is 1. The van der Waals surface area contributed by atoms with Crippen LogP contribution in [0.1, 0.15) is 20.3 Å². The number of carboxylic acids is 1. The predicted octanol–water partition coefficient (Wildman–Crippen LogP) is 0.165. The van der Waals surface area contributed by atoms with Crippen LogP contribution < -0.4 is 5.32 Å². The summed E-state index contributed by atoms with van der Waals surface area (Å²) < 4.78 is 0. The van der Waals surface area contributed by atoms with Crippen LogP contribution in [0.3, 0.4) is 0 Å². The molecule has 0 aromatic rings. The monoisotopic (exact) mass is 301 g/mol. The van der Waals surface area contributed by atoms with Crippen molar-refractivity contribution >= 4 is 29.7 Å². The van der Waals surface area contributed by atoms with Gasteiger partial charge in [0.1, 0.15) is 12.1 Å². The summed E-state index contributed by atoms with van der Waals surface area (Å²) in [6, 6.07) is -1.72. The SMILES string of the molecule is CCC1SCC(C(=O)O)N1C(=O)N1CCNC(=O)C1C. The van der Waals surface area contributed by atoms with Gasteiger partial charge in [-0.3, -0.25) is 9.69 Å². The molecule has 3 amide bonds. The lowest BCUT2D eigenvalue weighted by Crippen LogP contribution is -2.61. The third-order valence-electron chi connectivity index (χ3n) is 3.69. The van der Waals surface area contributed by atoms with Gasteiger partial charge in [-0.25, -0.2) is 9.59 Å². The van der Waals surface area contributed by atoms with E-state index in [9.17, 15) is 19.5 Å². The molecule has 2 fully saturated rings. The van der Waals surface area contributed by atoms with E-state index in [0.29, 0.717) is 25.3 Å². The number of hydrogen-bond acceptors (Lipinski definition) is 4. The number of aliphatic carboxylic acids is 1. The lowest BCUT2D eigenvalue weighted by Gasteiger charge is -2.38. The summed E-state index contributed by atoms with van der Waals surface area (Å²) in [6.45, 7) is 4.40. The minimum Gasteiger partial charge on any atom is -0.480 e. The fourth-order valence-electron chi connectivity index (χ4n) is 2.52. The van der Waals surface area contributed by atoms with E-state index < -0.39 is 18.1 Å². The molecule has 7 nitrogen and oxygen atoms in total. The van der Waals surface area contributed by atoms with E-state index in [-0.39, 0.29) is 17.3 Å². The first-order chi connectivity index (χ1) is 9.47. The largest absolute Gasteiger partial charge is 0.480 e. The first kappa shape index (κ1) is 15.0. The zero-order chi connectivity index (χ0) is 14.9. The van der Waals surface area contributed by atoms with Gasteiger partial charge < -0.3 is 15.3 Å². The Kier molecular flexibility index (Phi) is 4.42. The molecule has 0 aromatic carbocycles. The van der Waals surface area contributed by atoms with E-state index in [1.54, 1.807) is 6.92 Å². The molecule has 0 aromatic heterocycles. The third-order valence-corrected chi connectivity index (χ3v) is 5.15. The molecule has 8 heteroatoms. The van der Waals surface area contributed by atoms with Crippen LogP contribution >= 0.6 is 11.8 Å². The van der Waals surface area contributed by atoms with Gasteiger partial charge in [0, 0.05) is 18.8 Å². The van der Waals surface area contributed by atoms with Crippen LogP contribution in [-0.2, 0) is 9.59 Å². The molecule has 0 saturated carbocycles. The van der Waals surface area contributed by atoms with Crippen molar-refractivity contribution in [1.82, 2.24) is 15.1 Å². The number of amides is 3. The summed E-state index contributed by atoms with van der Waals surface area (Å²) in [7, 11) is 0. The first-order valence-electron chi connectivity index (χ1n) is 6.68. The van der Waals surface area contributed by atoms with Crippen molar-refractivity contribution < 1.29 is 19.5 Å². The molecule has 112 valence electrons. The normalized spacial score (nSPS) is 30.3. The van der Waals surface area contributed by atoms with Gasteiger partial charge in [0.05, 0.1) is 5.37 Å². The second kappa shape index (κ2) is 5.90. The summed E-state index contributed by atoms with van der Waals surface area (Å²) >= 11 is 1.48. The Hall–Kier alpha value is -1.44. The van der Waals surface area contributed by atoms with Crippen molar-refractivity contribution in [3.05, 3.63) is 0 Å². The molecule has 2 rings (SSSR count). The van der Waals surface area contributed by atoms with Crippen LogP contribution in [-0.4, -0.2) is 69.1 Å². The molecule has 20 heavy (non-hydrogen) atoms. The van der Waals surface area contributed by atoms with E-state index in [1.165, 1.54) is 21.6 Å². The lowest BCUT2D eigenvalue weighted by molar-refractivity contribution is -0.141. The molecule has 2 saturated heterocycles. The van der Waals surface area contributed by atoms with Gasteiger partial charge in [-0.2, -0.15) is 0 Å². The first-order valence-corrected chi connectivity index (χ1v) is 7.73. The van der Waals surface area contributed by atoms with Gasteiger partial charge in [0.15, 0.2) is 0 Å². The molecular weight excluding hydrogens is 282 g/mol. The number of nitrogens with zero attached hydrogens (tertiary/aromatic N) is 2. The molecule has 2 N–H and O–H groups in total. The Labute approximate surface area is 121 Å². The van der Waals surface area contributed by atoms with Crippen molar-refractivity contribution in [2.75, 3.05) is 18.8 Å². The Morgan fingerprint density at radius 1 is 1.50 bits per heavy atom. The Morgan fingerprint density at radius 2 is 2.20 bits per heavy atom. The molecular formula is C12H19N3O4S. The van der Waals surface area contributed by atoms with Gasteiger partial charge in [0.25, 0.3) is 0 Å². The van der Waals surface area contributed by atoms with Crippen LogP contribution in [0.4, 0.5) is 4.79 Å². The summed E-state index contributed by atoms with van der Waals surface area (Å²) in [6.07, 6.45) is 0.689. The summed E-state index contributed by atoms with van der Waals surface area (Å²) in [5.41, 5.74) is 0. The number of piperazine rings is 1. The molecule has 3 atom stereocenters. The van der Waals surface area contributed by atoms with E-state index in [2.05, 4.69) is 5.32 Å². The number of hydrogen-bond donors (Lipinski definition) is 2. The Morgan fingerprint density at radius 3 is 2.80 bits per heavy atom. The minimum absolute atomic E-state index is 0.138. The highest BCUT2D eigenvalue weighted by molar-refractivity contribution is 8.00. The lowest BCUT2D eigenvalue weighted by atomic mass is 10.2. The molecule has 2 aliphatic rings. The molecule has 2 aliphatic heterocycles. The van der Waals surface area contributed by atoms with Crippen LogP contribution in [0.15, 0.2) is 0 Å². The molecule has 3 unspecified atom stereocenters. The van der Waals surface area contributed by atoms with Gasteiger partial charge in [-0.05, 0) is 13.3 Å². The van der Waals surface area contributed by atoms with Crippen molar-refractivity contribution in [2.24, 2.45) is 0 Å². The predicted molar refractivity (Wildman–Crippen MR) is 74.4 cm³/mol. The fraction of sp³-hybridized carbons (Fsp3) is 0.750. The smallest absolute Gasteiger partial charge is 0.327 e. The summed E-state index contributed by atoms with van der Waals surface area (Å²) in [5.74, 6) is -0.791. The van der Waals surface area contributed by atoms with Crippen LogP contribution in [0.25, 0.3) is 0 Å². The topological polar surface area (TPSA) is 89.9 Å². The maximum absolute atomic E-state index is 12.6. The van der Waals surface area contributed by atoms with E-state index in [4.69, 9.17) is 0 Å². The highest BCUT2D eigenvalue weighted by Crippen LogP contribution is 2.32. The van der Waals surface area contributed by atoms with E-state index >= 15 is 0 Å². The Bertz CT molecular complexity index is 431. The van der Waals surface area contributed by atoms with Crippen molar-refractivity contribution in [3.63, 3.8) is 0 Å². The van der Waals surface area contributed by atoms with Gasteiger partial charge in [-0.15, -0.1) is 11.8 Å². The summed E-state index contributed by atoms with van der Waals surface area (Å²) in [5, 5.41) is 11.8. The zero-order valence-electron chi connectivity index (χ0n) is 11.5. The molecule has 0 radical (unpaired) electrons. The number of rotatable bonds is 2. The number of urea groups is 1. The number of thioether (sulfide) groups is 1. The number of nitrogens with one attached hydrogen (secondary N) is 1. The highest BCUT2D eigenvalue weighted by atomic mass is 32.2. The summed E-state index contributed by atoms with van der Waals surface area (Å²) in [4.78, 5) is 38.5. The van der Waals surface area contributed by atoms with Gasteiger partial charge >= 0.3 is 12.0 Å². The number of carbonyl (C=O) groups excluding carboxylic acids is 2. The quantitative estimate of drug-likeness (QED) is 0.758. The van der Waals surface area contributed by atoms with E-state index in [0.717, 1.165) is 0 Å². The van der Waals surface area contributed by atoms with Crippen molar-refractivity contribution in [3.8, 4) is 0 Å². The maximum atomic E-state index is 12.6. The molecule has 0 aliphatic carbocycles. The third kappa shape index (κ3) is 2.56.